The first-order valence-electron chi connectivity index (χ1n) is 11.7. The highest BCUT2D eigenvalue weighted by Crippen LogP contribution is 2.28. The standard InChI is InChI=1S/C29H24ClN3O4S2/c1-37-26-13-12-21(16-24(26)30)31-27(34)18-39-22-10-5-9-20(15-22)32-29(36)25(17-23-11-6-14-38-23)33-28(35)19-7-3-2-4-8-19/h2-17H,18H2,1H3,(H,31,34)(H,32,36)(H,33,35)/b25-17-. The van der Waals surface area contributed by atoms with Gasteiger partial charge in [0.25, 0.3) is 11.8 Å². The quantitative estimate of drug-likeness (QED) is 0.147. The number of anilines is 2. The van der Waals surface area contributed by atoms with E-state index in [4.69, 9.17) is 16.3 Å². The van der Waals surface area contributed by atoms with Gasteiger partial charge in [0.1, 0.15) is 11.4 Å². The highest BCUT2D eigenvalue weighted by atomic mass is 35.5. The van der Waals surface area contributed by atoms with Crippen LogP contribution in [-0.2, 0) is 9.59 Å². The molecule has 0 fully saturated rings. The Kier molecular flexibility index (Phi) is 9.80. The van der Waals surface area contributed by atoms with Crippen molar-refractivity contribution in [2.75, 3.05) is 23.5 Å². The molecule has 7 nitrogen and oxygen atoms in total. The van der Waals surface area contributed by atoms with Crippen LogP contribution in [0.5, 0.6) is 5.75 Å². The Morgan fingerprint density at radius 2 is 1.72 bits per heavy atom. The minimum atomic E-state index is -0.469. The van der Waals surface area contributed by atoms with E-state index in [1.54, 1.807) is 66.7 Å². The SMILES string of the molecule is COc1ccc(NC(=O)CSc2cccc(NC(=O)/C(=C/c3cccs3)NC(=O)c3ccccc3)c2)cc1Cl. The third-order valence-electron chi connectivity index (χ3n) is 5.26. The van der Waals surface area contributed by atoms with Gasteiger partial charge in [0.05, 0.1) is 17.9 Å². The second-order valence-electron chi connectivity index (χ2n) is 8.06. The number of thiophene rings is 1. The Bertz CT molecular complexity index is 1490. The van der Waals surface area contributed by atoms with E-state index in [-0.39, 0.29) is 23.3 Å². The van der Waals surface area contributed by atoms with Gasteiger partial charge in [0, 0.05) is 26.7 Å². The average Bonchev–Trinajstić information content (AvgIpc) is 3.45. The molecule has 39 heavy (non-hydrogen) atoms. The summed E-state index contributed by atoms with van der Waals surface area (Å²) in [5, 5.41) is 10.7. The molecule has 198 valence electrons. The number of ether oxygens (including phenoxy) is 1. The van der Waals surface area contributed by atoms with E-state index in [1.807, 2.05) is 29.6 Å². The van der Waals surface area contributed by atoms with Gasteiger partial charge in [0.2, 0.25) is 5.91 Å². The number of hydrogen-bond donors (Lipinski definition) is 3. The third-order valence-corrected chi connectivity index (χ3v) is 7.36. The molecule has 1 aromatic heterocycles. The van der Waals surface area contributed by atoms with Gasteiger partial charge in [-0.2, -0.15) is 0 Å². The smallest absolute Gasteiger partial charge is 0.272 e. The van der Waals surface area contributed by atoms with Crippen molar-refractivity contribution in [1.82, 2.24) is 5.32 Å². The maximum atomic E-state index is 13.2. The minimum absolute atomic E-state index is 0.113. The van der Waals surface area contributed by atoms with E-state index in [9.17, 15) is 14.4 Å². The van der Waals surface area contributed by atoms with Crippen molar-refractivity contribution in [3.63, 3.8) is 0 Å². The molecule has 3 amide bonds. The van der Waals surface area contributed by atoms with Crippen molar-refractivity contribution in [2.45, 2.75) is 4.90 Å². The summed E-state index contributed by atoms with van der Waals surface area (Å²) in [5.41, 5.74) is 1.64. The Morgan fingerprint density at radius 1 is 0.923 bits per heavy atom. The summed E-state index contributed by atoms with van der Waals surface area (Å²) in [6.07, 6.45) is 1.63. The molecule has 0 saturated heterocycles. The molecule has 3 N–H and O–H groups in total. The number of carbonyl (C=O) groups is 3. The van der Waals surface area contributed by atoms with Crippen molar-refractivity contribution < 1.29 is 19.1 Å². The zero-order valence-electron chi connectivity index (χ0n) is 20.8. The first-order chi connectivity index (χ1) is 18.9. The molecule has 4 aromatic rings. The fourth-order valence-electron chi connectivity index (χ4n) is 3.41. The number of rotatable bonds is 10. The molecule has 0 atom stereocenters. The number of methoxy groups -OCH3 is 1. The first-order valence-corrected chi connectivity index (χ1v) is 13.9. The molecule has 0 aliphatic heterocycles. The van der Waals surface area contributed by atoms with E-state index in [2.05, 4.69) is 16.0 Å². The van der Waals surface area contributed by atoms with E-state index in [0.29, 0.717) is 27.7 Å². The topological polar surface area (TPSA) is 96.5 Å². The van der Waals surface area contributed by atoms with Gasteiger partial charge in [-0.15, -0.1) is 23.1 Å². The van der Waals surface area contributed by atoms with Crippen LogP contribution < -0.4 is 20.7 Å². The van der Waals surface area contributed by atoms with Crippen LogP contribution in [0.3, 0.4) is 0 Å². The Labute approximate surface area is 239 Å². The fraction of sp³-hybridized carbons (Fsp3) is 0.0690. The van der Waals surface area contributed by atoms with Crippen LogP contribution in [0.25, 0.3) is 6.08 Å². The molecule has 0 spiro atoms. The van der Waals surface area contributed by atoms with Crippen molar-refractivity contribution in [2.24, 2.45) is 0 Å². The molecular weight excluding hydrogens is 554 g/mol. The predicted octanol–water partition coefficient (Wildman–Crippen LogP) is 6.55. The van der Waals surface area contributed by atoms with Crippen LogP contribution in [0.4, 0.5) is 11.4 Å². The van der Waals surface area contributed by atoms with Crippen LogP contribution in [0, 0.1) is 0 Å². The molecule has 1 heterocycles. The molecule has 0 unspecified atom stereocenters. The van der Waals surface area contributed by atoms with Gasteiger partial charge in [-0.3, -0.25) is 14.4 Å². The second kappa shape index (κ2) is 13.7. The minimum Gasteiger partial charge on any atom is -0.495 e. The molecule has 0 aliphatic rings. The molecular formula is C29H24ClN3O4S2. The number of carbonyl (C=O) groups excluding carboxylic acids is 3. The summed E-state index contributed by atoms with van der Waals surface area (Å²) >= 11 is 8.89. The Morgan fingerprint density at radius 3 is 2.44 bits per heavy atom. The van der Waals surface area contributed by atoms with Crippen molar-refractivity contribution in [1.29, 1.82) is 0 Å². The monoisotopic (exact) mass is 577 g/mol. The van der Waals surface area contributed by atoms with E-state index >= 15 is 0 Å². The van der Waals surface area contributed by atoms with Crippen LogP contribution in [0.1, 0.15) is 15.2 Å². The molecule has 0 bridgehead atoms. The van der Waals surface area contributed by atoms with E-state index in [1.165, 1.54) is 30.2 Å². The number of thioether (sulfide) groups is 1. The summed E-state index contributed by atoms with van der Waals surface area (Å²) in [7, 11) is 1.52. The van der Waals surface area contributed by atoms with Crippen LogP contribution in [-0.4, -0.2) is 30.6 Å². The van der Waals surface area contributed by atoms with Crippen LogP contribution in [0.2, 0.25) is 5.02 Å². The maximum Gasteiger partial charge on any atom is 0.272 e. The van der Waals surface area contributed by atoms with E-state index < -0.39 is 5.91 Å². The summed E-state index contributed by atoms with van der Waals surface area (Å²) in [5.74, 6) is -0.389. The molecule has 10 heteroatoms. The normalized spacial score (nSPS) is 11.0. The van der Waals surface area contributed by atoms with E-state index in [0.717, 1.165) is 9.77 Å². The summed E-state index contributed by atoms with van der Waals surface area (Å²) in [6.45, 7) is 0. The zero-order chi connectivity index (χ0) is 27.6. The molecule has 0 radical (unpaired) electrons. The number of amides is 3. The number of nitrogens with one attached hydrogen (secondary N) is 3. The fourth-order valence-corrected chi connectivity index (χ4v) is 5.08. The highest BCUT2D eigenvalue weighted by molar-refractivity contribution is 8.00. The van der Waals surface area contributed by atoms with Gasteiger partial charge in [-0.1, -0.05) is 41.9 Å². The van der Waals surface area contributed by atoms with Gasteiger partial charge >= 0.3 is 0 Å². The lowest BCUT2D eigenvalue weighted by molar-refractivity contribution is -0.114. The summed E-state index contributed by atoms with van der Waals surface area (Å²) in [4.78, 5) is 40.0. The van der Waals surface area contributed by atoms with Crippen molar-refractivity contribution in [3.8, 4) is 5.75 Å². The third kappa shape index (κ3) is 8.22. The second-order valence-corrected chi connectivity index (χ2v) is 10.5. The van der Waals surface area contributed by atoms with Gasteiger partial charge in [-0.05, 0) is 66.1 Å². The lowest BCUT2D eigenvalue weighted by Crippen LogP contribution is -2.30. The van der Waals surface area contributed by atoms with Gasteiger partial charge < -0.3 is 20.7 Å². The van der Waals surface area contributed by atoms with Crippen LogP contribution >= 0.6 is 34.7 Å². The van der Waals surface area contributed by atoms with Crippen molar-refractivity contribution in [3.05, 3.63) is 111 Å². The van der Waals surface area contributed by atoms with Gasteiger partial charge in [0.15, 0.2) is 0 Å². The molecule has 4 rings (SSSR count). The average molecular weight is 578 g/mol. The lowest BCUT2D eigenvalue weighted by Gasteiger charge is -2.12. The largest absolute Gasteiger partial charge is 0.495 e. The summed E-state index contributed by atoms with van der Waals surface area (Å²) in [6, 6.07) is 24.5. The molecule has 3 aromatic carbocycles. The highest BCUT2D eigenvalue weighted by Gasteiger charge is 2.16. The molecule has 0 aliphatic carbocycles. The van der Waals surface area contributed by atoms with Crippen LogP contribution in [0.15, 0.2) is 101 Å². The van der Waals surface area contributed by atoms with Gasteiger partial charge in [-0.25, -0.2) is 0 Å². The Hall–Kier alpha value is -4.05. The summed E-state index contributed by atoms with van der Waals surface area (Å²) < 4.78 is 5.13. The lowest BCUT2D eigenvalue weighted by atomic mass is 10.2. The number of halogens is 1. The number of benzene rings is 3. The zero-order valence-corrected chi connectivity index (χ0v) is 23.2. The molecule has 0 saturated carbocycles. The predicted molar refractivity (Wildman–Crippen MR) is 159 cm³/mol. The first kappa shape index (κ1) is 28.0. The number of hydrogen-bond acceptors (Lipinski definition) is 6. The van der Waals surface area contributed by atoms with Crippen molar-refractivity contribution >= 4 is 69.9 Å². The maximum absolute atomic E-state index is 13.2. The Balaban J connectivity index is 1.39.